The van der Waals surface area contributed by atoms with E-state index in [1.807, 2.05) is 13.0 Å². The predicted molar refractivity (Wildman–Crippen MR) is 96.3 cm³/mol. The highest BCUT2D eigenvalue weighted by atomic mass is 16.5. The Morgan fingerprint density at radius 1 is 1.19 bits per heavy atom. The van der Waals surface area contributed by atoms with Crippen LogP contribution < -0.4 is 14.8 Å². The summed E-state index contributed by atoms with van der Waals surface area (Å²) < 4.78 is 11.2. The molecule has 1 aliphatic rings. The highest BCUT2D eigenvalue weighted by Crippen LogP contribution is 2.24. The molecule has 2 aromatic rings. The van der Waals surface area contributed by atoms with Gasteiger partial charge >= 0.3 is 0 Å². The average molecular weight is 367 g/mol. The Bertz CT molecular complexity index is 828. The van der Waals surface area contributed by atoms with Gasteiger partial charge in [0.2, 0.25) is 11.6 Å². The largest absolute Gasteiger partial charge is 0.477 e. The summed E-state index contributed by atoms with van der Waals surface area (Å²) in [6, 6.07) is 5.47. The van der Waals surface area contributed by atoms with Crippen molar-refractivity contribution in [1.82, 2.24) is 20.3 Å². The van der Waals surface area contributed by atoms with E-state index in [4.69, 9.17) is 14.7 Å². The van der Waals surface area contributed by atoms with Crippen LogP contribution in [0.3, 0.4) is 0 Å². The number of nitriles is 1. The summed E-state index contributed by atoms with van der Waals surface area (Å²) in [4.78, 5) is 24.7. The molecule has 8 heteroatoms. The number of carbonyl (C=O) groups is 1. The zero-order valence-electron chi connectivity index (χ0n) is 15.1. The number of ether oxygens (including phenoxy) is 2. The van der Waals surface area contributed by atoms with Gasteiger partial charge in [-0.1, -0.05) is 0 Å². The highest BCUT2D eigenvalue weighted by molar-refractivity contribution is 5.96. The Labute approximate surface area is 157 Å². The van der Waals surface area contributed by atoms with E-state index < -0.39 is 0 Å². The molecular formula is C19H21N5O3. The van der Waals surface area contributed by atoms with Gasteiger partial charge < -0.3 is 14.8 Å². The normalized spacial score (nSPS) is 19.0. The standard InChI is InChI=1S/C19H21N5O3/c1-2-26-18-15(4-3-9-22-18)17(25)24-13-5-7-14(8-6-13)27-19-16(12-20)21-10-11-23-19/h3-4,9-11,13-14H,2,5-8H2,1H3,(H,24,25). The van der Waals surface area contributed by atoms with Crippen molar-refractivity contribution in [2.24, 2.45) is 0 Å². The second-order valence-corrected chi connectivity index (χ2v) is 6.18. The first-order chi connectivity index (χ1) is 13.2. The third-order valence-corrected chi connectivity index (χ3v) is 4.36. The molecule has 3 rings (SSSR count). The van der Waals surface area contributed by atoms with Crippen LogP contribution in [0.15, 0.2) is 30.7 Å². The van der Waals surface area contributed by atoms with Gasteiger partial charge in [-0.3, -0.25) is 4.79 Å². The van der Waals surface area contributed by atoms with E-state index in [-0.39, 0.29) is 29.6 Å². The molecule has 1 N–H and O–H groups in total. The Hall–Kier alpha value is -3.21. The second kappa shape index (κ2) is 8.94. The number of hydrogen-bond donors (Lipinski definition) is 1. The van der Waals surface area contributed by atoms with Crippen molar-refractivity contribution >= 4 is 5.91 Å². The Balaban J connectivity index is 1.54. The lowest BCUT2D eigenvalue weighted by molar-refractivity contribution is 0.0885. The number of nitrogens with zero attached hydrogens (tertiary/aromatic N) is 4. The van der Waals surface area contributed by atoms with Gasteiger partial charge in [-0.2, -0.15) is 5.26 Å². The Morgan fingerprint density at radius 2 is 1.93 bits per heavy atom. The van der Waals surface area contributed by atoms with E-state index in [0.717, 1.165) is 25.7 Å². The summed E-state index contributed by atoms with van der Waals surface area (Å²) >= 11 is 0. The molecule has 2 heterocycles. The Kier molecular flexibility index (Phi) is 6.15. The molecule has 0 atom stereocenters. The van der Waals surface area contributed by atoms with E-state index in [1.165, 1.54) is 12.4 Å². The minimum absolute atomic E-state index is 0.0423. The molecule has 8 nitrogen and oxygen atoms in total. The van der Waals surface area contributed by atoms with E-state index in [2.05, 4.69) is 20.3 Å². The number of carbonyl (C=O) groups excluding carboxylic acids is 1. The molecule has 0 saturated heterocycles. The molecule has 0 spiro atoms. The van der Waals surface area contributed by atoms with E-state index in [9.17, 15) is 4.79 Å². The first kappa shape index (κ1) is 18.6. The maximum atomic E-state index is 12.5. The van der Waals surface area contributed by atoms with Gasteiger partial charge in [-0.25, -0.2) is 15.0 Å². The first-order valence-corrected chi connectivity index (χ1v) is 8.97. The molecule has 0 unspecified atom stereocenters. The van der Waals surface area contributed by atoms with E-state index in [0.29, 0.717) is 18.1 Å². The van der Waals surface area contributed by atoms with Crippen molar-refractivity contribution in [3.05, 3.63) is 42.0 Å². The fraction of sp³-hybridized carbons (Fsp3) is 0.421. The van der Waals surface area contributed by atoms with Gasteiger partial charge in [0.25, 0.3) is 11.8 Å². The number of rotatable bonds is 6. The van der Waals surface area contributed by atoms with Gasteiger partial charge in [0.1, 0.15) is 17.7 Å². The summed E-state index contributed by atoms with van der Waals surface area (Å²) in [7, 11) is 0. The van der Waals surface area contributed by atoms with Gasteiger partial charge in [-0.05, 0) is 44.7 Å². The highest BCUT2D eigenvalue weighted by Gasteiger charge is 2.26. The third-order valence-electron chi connectivity index (χ3n) is 4.36. The smallest absolute Gasteiger partial charge is 0.256 e. The summed E-state index contributed by atoms with van der Waals surface area (Å²) in [6.45, 7) is 2.30. The lowest BCUT2D eigenvalue weighted by Crippen LogP contribution is -2.40. The van der Waals surface area contributed by atoms with Crippen LogP contribution in [0.4, 0.5) is 0 Å². The maximum Gasteiger partial charge on any atom is 0.256 e. The van der Waals surface area contributed by atoms with Crippen LogP contribution in [0.25, 0.3) is 0 Å². The van der Waals surface area contributed by atoms with Crippen molar-refractivity contribution in [1.29, 1.82) is 5.26 Å². The van der Waals surface area contributed by atoms with Crippen molar-refractivity contribution in [2.45, 2.75) is 44.8 Å². The maximum absolute atomic E-state index is 12.5. The molecule has 2 aromatic heterocycles. The monoisotopic (exact) mass is 367 g/mol. The van der Waals surface area contributed by atoms with Gasteiger partial charge in [0.05, 0.1) is 6.61 Å². The SMILES string of the molecule is CCOc1ncccc1C(=O)NC1CCC(Oc2nccnc2C#N)CC1. The van der Waals surface area contributed by atoms with Gasteiger partial charge in [-0.15, -0.1) is 0 Å². The van der Waals surface area contributed by atoms with Gasteiger partial charge in [0, 0.05) is 24.6 Å². The minimum Gasteiger partial charge on any atom is -0.477 e. The second-order valence-electron chi connectivity index (χ2n) is 6.18. The molecule has 1 amide bonds. The molecule has 1 fully saturated rings. The van der Waals surface area contributed by atoms with Crippen LogP contribution in [-0.2, 0) is 0 Å². The average Bonchev–Trinajstić information content (AvgIpc) is 2.70. The number of amides is 1. The summed E-state index contributed by atoms with van der Waals surface area (Å²) in [5, 5.41) is 12.1. The van der Waals surface area contributed by atoms with Crippen LogP contribution in [0, 0.1) is 11.3 Å². The van der Waals surface area contributed by atoms with Crippen LogP contribution in [0.5, 0.6) is 11.8 Å². The van der Waals surface area contributed by atoms with Crippen LogP contribution in [0.1, 0.15) is 48.7 Å². The lowest BCUT2D eigenvalue weighted by Gasteiger charge is -2.29. The lowest BCUT2D eigenvalue weighted by atomic mass is 9.92. The molecule has 1 saturated carbocycles. The van der Waals surface area contributed by atoms with Crippen LogP contribution in [0.2, 0.25) is 0 Å². The summed E-state index contributed by atoms with van der Waals surface area (Å²) in [5.41, 5.74) is 0.629. The molecule has 140 valence electrons. The van der Waals surface area contributed by atoms with Gasteiger partial charge in [0.15, 0.2) is 0 Å². The van der Waals surface area contributed by atoms with Crippen molar-refractivity contribution in [2.75, 3.05) is 6.61 Å². The topological polar surface area (TPSA) is 110 Å². The molecule has 27 heavy (non-hydrogen) atoms. The molecule has 1 aliphatic carbocycles. The Morgan fingerprint density at radius 3 is 2.67 bits per heavy atom. The zero-order chi connectivity index (χ0) is 19.1. The minimum atomic E-state index is -0.184. The quantitative estimate of drug-likeness (QED) is 0.834. The first-order valence-electron chi connectivity index (χ1n) is 8.97. The number of pyridine rings is 1. The van der Waals surface area contributed by atoms with Crippen molar-refractivity contribution in [3.8, 4) is 17.8 Å². The summed E-state index contributed by atoms with van der Waals surface area (Å²) in [5.74, 6) is 0.432. The molecule has 0 bridgehead atoms. The number of hydrogen-bond acceptors (Lipinski definition) is 7. The fourth-order valence-electron chi connectivity index (χ4n) is 3.05. The number of nitrogens with one attached hydrogen (secondary N) is 1. The zero-order valence-corrected chi connectivity index (χ0v) is 15.1. The molecular weight excluding hydrogens is 346 g/mol. The number of aromatic nitrogens is 3. The molecule has 0 aliphatic heterocycles. The van der Waals surface area contributed by atoms with E-state index >= 15 is 0 Å². The van der Waals surface area contributed by atoms with Crippen molar-refractivity contribution in [3.63, 3.8) is 0 Å². The van der Waals surface area contributed by atoms with E-state index in [1.54, 1.807) is 18.3 Å². The van der Waals surface area contributed by atoms with Crippen LogP contribution in [-0.4, -0.2) is 39.6 Å². The summed E-state index contributed by atoms with van der Waals surface area (Å²) in [6.07, 6.45) is 7.62. The predicted octanol–water partition coefficient (Wildman–Crippen LogP) is 2.26. The third kappa shape index (κ3) is 4.70. The van der Waals surface area contributed by atoms with Crippen molar-refractivity contribution < 1.29 is 14.3 Å². The van der Waals surface area contributed by atoms with Crippen LogP contribution >= 0.6 is 0 Å². The molecule has 0 aromatic carbocycles. The molecule has 0 radical (unpaired) electrons. The fourth-order valence-corrected chi connectivity index (χ4v) is 3.05.